The van der Waals surface area contributed by atoms with E-state index < -0.39 is 16.1 Å². The molecule has 2 aromatic rings. The number of anilines is 1. The lowest BCUT2D eigenvalue weighted by Gasteiger charge is -2.35. The molecule has 0 aliphatic carbocycles. The Hall–Kier alpha value is -2.74. The number of para-hydroxylation sites is 3. The molecule has 1 amide bonds. The molecule has 8 heteroatoms. The summed E-state index contributed by atoms with van der Waals surface area (Å²) in [5.41, 5.74) is 1.28. The standard InChI is InChI=1S/C20H24N2O5S/c1-4-28(24,25)22-13-19(27-18-12-8-6-10-16(18)22)20(23)21-14(2)15-9-5-7-11-17(15)26-3/h5-12,14,19H,4,13H2,1-3H3,(H,21,23)/t14-,19+/m0/s1. The van der Waals surface area contributed by atoms with Crippen LogP contribution in [0, 0.1) is 0 Å². The third-order valence-electron chi connectivity index (χ3n) is 4.69. The Kier molecular flexibility index (Phi) is 5.79. The number of carbonyl (C=O) groups excluding carboxylic acids is 1. The van der Waals surface area contributed by atoms with Crippen molar-refractivity contribution in [2.75, 3.05) is 23.7 Å². The van der Waals surface area contributed by atoms with E-state index in [1.165, 1.54) is 4.31 Å². The van der Waals surface area contributed by atoms with Crippen LogP contribution in [0.25, 0.3) is 0 Å². The van der Waals surface area contributed by atoms with Gasteiger partial charge in [0.15, 0.2) is 6.10 Å². The molecule has 150 valence electrons. The first-order valence-electron chi connectivity index (χ1n) is 9.06. The summed E-state index contributed by atoms with van der Waals surface area (Å²) >= 11 is 0. The first-order valence-corrected chi connectivity index (χ1v) is 10.7. The van der Waals surface area contributed by atoms with Crippen molar-refractivity contribution >= 4 is 21.6 Å². The van der Waals surface area contributed by atoms with Crippen LogP contribution < -0.4 is 19.1 Å². The Morgan fingerprint density at radius 1 is 1.25 bits per heavy atom. The number of hydrogen-bond acceptors (Lipinski definition) is 5. The van der Waals surface area contributed by atoms with Gasteiger partial charge in [0.25, 0.3) is 5.91 Å². The minimum absolute atomic E-state index is 0.0622. The van der Waals surface area contributed by atoms with Gasteiger partial charge in [-0.25, -0.2) is 8.42 Å². The lowest BCUT2D eigenvalue weighted by Crippen LogP contribution is -2.51. The minimum atomic E-state index is -3.54. The summed E-state index contributed by atoms with van der Waals surface area (Å²) in [5, 5.41) is 2.90. The Morgan fingerprint density at radius 2 is 1.93 bits per heavy atom. The van der Waals surface area contributed by atoms with Crippen molar-refractivity contribution in [3.63, 3.8) is 0 Å². The van der Waals surface area contributed by atoms with Crippen LogP contribution in [-0.4, -0.2) is 39.8 Å². The zero-order valence-corrected chi connectivity index (χ0v) is 16.9. The van der Waals surface area contributed by atoms with E-state index in [1.807, 2.05) is 31.2 Å². The fraction of sp³-hybridized carbons (Fsp3) is 0.350. The summed E-state index contributed by atoms with van der Waals surface area (Å²) in [6.07, 6.45) is -0.951. The van der Waals surface area contributed by atoms with Gasteiger partial charge < -0.3 is 14.8 Å². The van der Waals surface area contributed by atoms with Gasteiger partial charge in [-0.3, -0.25) is 9.10 Å². The molecule has 0 radical (unpaired) electrons. The molecule has 0 bridgehead atoms. The molecule has 7 nitrogen and oxygen atoms in total. The van der Waals surface area contributed by atoms with Crippen LogP contribution in [-0.2, 0) is 14.8 Å². The minimum Gasteiger partial charge on any atom is -0.496 e. The number of nitrogens with zero attached hydrogens (tertiary/aromatic N) is 1. The molecule has 1 N–H and O–H groups in total. The average Bonchev–Trinajstić information content (AvgIpc) is 2.72. The summed E-state index contributed by atoms with van der Waals surface area (Å²) in [5.74, 6) is 0.591. The van der Waals surface area contributed by atoms with E-state index in [0.717, 1.165) is 5.56 Å². The Bertz CT molecular complexity index is 961. The van der Waals surface area contributed by atoms with Crippen molar-refractivity contribution in [1.82, 2.24) is 5.32 Å². The van der Waals surface area contributed by atoms with Crippen LogP contribution in [0.5, 0.6) is 11.5 Å². The predicted molar refractivity (Wildman–Crippen MR) is 107 cm³/mol. The van der Waals surface area contributed by atoms with E-state index in [2.05, 4.69) is 5.32 Å². The predicted octanol–water partition coefficient (Wildman–Crippen LogP) is 2.49. The van der Waals surface area contributed by atoms with E-state index >= 15 is 0 Å². The normalized spacial score (nSPS) is 17.2. The van der Waals surface area contributed by atoms with Gasteiger partial charge in [-0.05, 0) is 32.0 Å². The number of hydrogen-bond donors (Lipinski definition) is 1. The number of rotatable bonds is 6. The highest BCUT2D eigenvalue weighted by Crippen LogP contribution is 2.35. The van der Waals surface area contributed by atoms with Gasteiger partial charge in [0.2, 0.25) is 10.0 Å². The molecule has 0 saturated carbocycles. The van der Waals surface area contributed by atoms with Crippen molar-refractivity contribution in [2.45, 2.75) is 26.0 Å². The van der Waals surface area contributed by atoms with Crippen molar-refractivity contribution in [3.8, 4) is 11.5 Å². The third-order valence-corrected chi connectivity index (χ3v) is 6.44. The second-order valence-electron chi connectivity index (χ2n) is 6.48. The average molecular weight is 404 g/mol. The molecule has 1 heterocycles. The maximum atomic E-state index is 12.9. The molecule has 1 aliphatic heterocycles. The van der Waals surface area contributed by atoms with Crippen LogP contribution in [0.15, 0.2) is 48.5 Å². The zero-order chi connectivity index (χ0) is 20.3. The second-order valence-corrected chi connectivity index (χ2v) is 8.66. The molecular weight excluding hydrogens is 380 g/mol. The molecular formula is C20H24N2O5S. The van der Waals surface area contributed by atoms with E-state index in [4.69, 9.17) is 9.47 Å². The summed E-state index contributed by atoms with van der Waals surface area (Å²) in [6.45, 7) is 3.34. The summed E-state index contributed by atoms with van der Waals surface area (Å²) < 4.78 is 37.5. The number of carbonyl (C=O) groups is 1. The van der Waals surface area contributed by atoms with Gasteiger partial charge in [-0.15, -0.1) is 0 Å². The fourth-order valence-electron chi connectivity index (χ4n) is 3.17. The van der Waals surface area contributed by atoms with Crippen LogP contribution in [0.2, 0.25) is 0 Å². The molecule has 0 aromatic heterocycles. The topological polar surface area (TPSA) is 84.9 Å². The van der Waals surface area contributed by atoms with Gasteiger partial charge in [0.05, 0.1) is 31.1 Å². The molecule has 0 spiro atoms. The lowest BCUT2D eigenvalue weighted by atomic mass is 10.1. The van der Waals surface area contributed by atoms with Gasteiger partial charge in [-0.2, -0.15) is 0 Å². The number of benzene rings is 2. The van der Waals surface area contributed by atoms with Crippen molar-refractivity contribution in [2.24, 2.45) is 0 Å². The second kappa shape index (κ2) is 8.10. The Balaban J connectivity index is 1.83. The van der Waals surface area contributed by atoms with Gasteiger partial charge in [0.1, 0.15) is 11.5 Å². The Labute approximate surface area is 165 Å². The van der Waals surface area contributed by atoms with E-state index in [9.17, 15) is 13.2 Å². The molecule has 1 aliphatic rings. The van der Waals surface area contributed by atoms with Gasteiger partial charge >= 0.3 is 0 Å². The van der Waals surface area contributed by atoms with Gasteiger partial charge in [0, 0.05) is 5.56 Å². The molecule has 2 aromatic carbocycles. The maximum Gasteiger partial charge on any atom is 0.263 e. The van der Waals surface area contributed by atoms with Crippen LogP contribution in [0.3, 0.4) is 0 Å². The highest BCUT2D eigenvalue weighted by Gasteiger charge is 2.36. The van der Waals surface area contributed by atoms with E-state index in [0.29, 0.717) is 17.2 Å². The monoisotopic (exact) mass is 404 g/mol. The van der Waals surface area contributed by atoms with Crippen molar-refractivity contribution in [3.05, 3.63) is 54.1 Å². The number of amides is 1. The zero-order valence-electron chi connectivity index (χ0n) is 16.1. The lowest BCUT2D eigenvalue weighted by molar-refractivity contribution is -0.128. The number of methoxy groups -OCH3 is 1. The summed E-state index contributed by atoms with van der Waals surface area (Å²) in [6, 6.07) is 13.9. The molecule has 0 fully saturated rings. The molecule has 0 unspecified atom stereocenters. The molecule has 3 rings (SSSR count). The van der Waals surface area contributed by atoms with Crippen molar-refractivity contribution in [1.29, 1.82) is 0 Å². The van der Waals surface area contributed by atoms with Gasteiger partial charge in [-0.1, -0.05) is 30.3 Å². The summed E-state index contributed by atoms with van der Waals surface area (Å²) in [7, 11) is -1.97. The molecule has 0 saturated heterocycles. The number of ether oxygens (including phenoxy) is 2. The maximum absolute atomic E-state index is 12.9. The van der Waals surface area contributed by atoms with Crippen LogP contribution in [0.1, 0.15) is 25.5 Å². The third kappa shape index (κ3) is 3.91. The van der Waals surface area contributed by atoms with E-state index in [-0.39, 0.29) is 24.2 Å². The van der Waals surface area contributed by atoms with Crippen molar-refractivity contribution < 1.29 is 22.7 Å². The summed E-state index contributed by atoms with van der Waals surface area (Å²) in [4.78, 5) is 12.9. The quantitative estimate of drug-likeness (QED) is 0.800. The largest absolute Gasteiger partial charge is 0.496 e. The number of fused-ring (bicyclic) bond motifs is 1. The first kappa shape index (κ1) is 20.0. The number of nitrogens with one attached hydrogen (secondary N) is 1. The fourth-order valence-corrected chi connectivity index (χ4v) is 4.29. The highest BCUT2D eigenvalue weighted by atomic mass is 32.2. The highest BCUT2D eigenvalue weighted by molar-refractivity contribution is 7.92. The molecule has 28 heavy (non-hydrogen) atoms. The SMILES string of the molecule is CCS(=O)(=O)N1C[C@H](C(=O)N[C@@H](C)c2ccccc2OC)Oc2ccccc21. The Morgan fingerprint density at radius 3 is 2.64 bits per heavy atom. The molecule has 2 atom stereocenters. The first-order chi connectivity index (χ1) is 13.4. The smallest absolute Gasteiger partial charge is 0.263 e. The van der Waals surface area contributed by atoms with E-state index in [1.54, 1.807) is 38.3 Å². The van der Waals surface area contributed by atoms with Crippen LogP contribution >= 0.6 is 0 Å². The number of sulfonamides is 1. The van der Waals surface area contributed by atoms with Crippen LogP contribution in [0.4, 0.5) is 5.69 Å².